The first-order chi connectivity index (χ1) is 11.5. The summed E-state index contributed by atoms with van der Waals surface area (Å²) in [7, 11) is 0. The van der Waals surface area contributed by atoms with Gasteiger partial charge in [-0.3, -0.25) is 9.59 Å². The van der Waals surface area contributed by atoms with E-state index in [9.17, 15) is 9.59 Å². The molecule has 1 aliphatic heterocycles. The van der Waals surface area contributed by atoms with Crippen LogP contribution < -0.4 is 10.3 Å². The normalized spacial score (nSPS) is 14.3. The van der Waals surface area contributed by atoms with Gasteiger partial charge in [0.05, 0.1) is 5.69 Å². The fraction of sp³-hybridized carbons (Fsp3) is 0.118. The van der Waals surface area contributed by atoms with E-state index in [-0.39, 0.29) is 18.2 Å². The maximum absolute atomic E-state index is 12.4. The molecular formula is C17H13Br2N3O2. The van der Waals surface area contributed by atoms with E-state index in [0.717, 1.165) is 8.95 Å². The molecule has 0 radical (unpaired) electrons. The van der Waals surface area contributed by atoms with Crippen LogP contribution in [0.2, 0.25) is 0 Å². The first-order valence-corrected chi connectivity index (χ1v) is 8.84. The molecule has 0 saturated carbocycles. The summed E-state index contributed by atoms with van der Waals surface area (Å²) in [6, 6.07) is 14.5. The molecule has 0 fully saturated rings. The zero-order chi connectivity index (χ0) is 17.1. The smallest absolute Gasteiger partial charge is 0.271 e. The lowest BCUT2D eigenvalue weighted by Gasteiger charge is -2.23. The molecule has 1 heterocycles. The third kappa shape index (κ3) is 3.91. The number of halogens is 2. The Bertz CT molecular complexity index is 819. The highest BCUT2D eigenvalue weighted by Gasteiger charge is 2.25. The van der Waals surface area contributed by atoms with Gasteiger partial charge in [0.25, 0.3) is 5.91 Å². The molecule has 5 nitrogen and oxygen atoms in total. The molecule has 0 aliphatic carbocycles. The summed E-state index contributed by atoms with van der Waals surface area (Å²) in [5.41, 5.74) is 1.64. The molecule has 24 heavy (non-hydrogen) atoms. The van der Waals surface area contributed by atoms with Gasteiger partial charge in [-0.1, -0.05) is 37.9 Å². The van der Waals surface area contributed by atoms with Crippen molar-refractivity contribution in [2.24, 2.45) is 5.10 Å². The maximum Gasteiger partial charge on any atom is 0.271 e. The fourth-order valence-electron chi connectivity index (χ4n) is 2.27. The quantitative estimate of drug-likeness (QED) is 0.756. The fourth-order valence-corrected chi connectivity index (χ4v) is 2.93. The van der Waals surface area contributed by atoms with Crippen LogP contribution in [0.25, 0.3) is 0 Å². The standard InChI is InChI=1S/C17H13Br2N3O2/c18-11-4-6-14(7-5-11)22-16(23)9-8-15(21-22)17(24)20-13-3-1-2-12(19)10-13/h1-7,10H,8-9H2,(H,20,24). The van der Waals surface area contributed by atoms with Crippen LogP contribution in [0.3, 0.4) is 0 Å². The number of hydrogen-bond acceptors (Lipinski definition) is 3. The number of nitrogens with one attached hydrogen (secondary N) is 1. The van der Waals surface area contributed by atoms with Crippen LogP contribution >= 0.6 is 31.9 Å². The van der Waals surface area contributed by atoms with Crippen LogP contribution in [0.1, 0.15) is 12.8 Å². The predicted molar refractivity (Wildman–Crippen MR) is 101 cm³/mol. The molecule has 0 unspecified atom stereocenters. The minimum absolute atomic E-state index is 0.128. The maximum atomic E-state index is 12.4. The van der Waals surface area contributed by atoms with E-state index in [0.29, 0.717) is 23.5 Å². The highest BCUT2D eigenvalue weighted by molar-refractivity contribution is 9.10. The minimum Gasteiger partial charge on any atom is -0.321 e. The molecule has 1 aliphatic rings. The van der Waals surface area contributed by atoms with Crippen LogP contribution in [0.5, 0.6) is 0 Å². The molecule has 2 aromatic carbocycles. The Hall–Kier alpha value is -1.99. The van der Waals surface area contributed by atoms with Gasteiger partial charge in [0, 0.05) is 27.5 Å². The van der Waals surface area contributed by atoms with E-state index in [1.807, 2.05) is 24.3 Å². The van der Waals surface area contributed by atoms with E-state index < -0.39 is 0 Å². The van der Waals surface area contributed by atoms with Gasteiger partial charge in [0.2, 0.25) is 5.91 Å². The lowest BCUT2D eigenvalue weighted by molar-refractivity contribution is -0.118. The summed E-state index contributed by atoms with van der Waals surface area (Å²) in [6.45, 7) is 0. The van der Waals surface area contributed by atoms with E-state index in [1.54, 1.807) is 24.3 Å². The number of carbonyl (C=O) groups excluding carboxylic acids is 2. The number of benzene rings is 2. The van der Waals surface area contributed by atoms with Gasteiger partial charge in [-0.15, -0.1) is 0 Å². The molecule has 3 rings (SSSR count). The molecule has 0 saturated heterocycles. The molecule has 0 atom stereocenters. The van der Waals surface area contributed by atoms with Crippen molar-refractivity contribution >= 4 is 60.8 Å². The summed E-state index contributed by atoms with van der Waals surface area (Å²) in [6.07, 6.45) is 0.576. The second kappa shape index (κ2) is 7.27. The number of hydrazone groups is 1. The van der Waals surface area contributed by atoms with Gasteiger partial charge in [0.15, 0.2) is 0 Å². The summed E-state index contributed by atoms with van der Waals surface area (Å²) in [5, 5.41) is 8.33. The van der Waals surface area contributed by atoms with Gasteiger partial charge in [-0.05, 0) is 42.5 Å². The van der Waals surface area contributed by atoms with Crippen LogP contribution in [-0.4, -0.2) is 17.5 Å². The molecule has 2 aromatic rings. The Morgan fingerprint density at radius 2 is 1.79 bits per heavy atom. The topological polar surface area (TPSA) is 61.8 Å². The Kier molecular flexibility index (Phi) is 5.11. The van der Waals surface area contributed by atoms with Crippen molar-refractivity contribution in [3.8, 4) is 0 Å². The predicted octanol–water partition coefficient (Wildman–Crippen LogP) is 4.33. The third-order valence-corrected chi connectivity index (χ3v) is 4.47. The molecule has 1 N–H and O–H groups in total. The number of amides is 2. The van der Waals surface area contributed by atoms with Crippen molar-refractivity contribution in [3.63, 3.8) is 0 Å². The average Bonchev–Trinajstić information content (AvgIpc) is 2.56. The molecule has 2 amide bonds. The van der Waals surface area contributed by atoms with Crippen molar-refractivity contribution in [3.05, 3.63) is 57.5 Å². The molecule has 7 heteroatoms. The van der Waals surface area contributed by atoms with E-state index in [2.05, 4.69) is 42.3 Å². The van der Waals surface area contributed by atoms with Crippen molar-refractivity contribution in [2.45, 2.75) is 12.8 Å². The SMILES string of the molecule is O=C(Nc1cccc(Br)c1)C1=NN(c2ccc(Br)cc2)C(=O)CC1. The summed E-state index contributed by atoms with van der Waals surface area (Å²) < 4.78 is 1.78. The Balaban J connectivity index is 1.82. The minimum atomic E-state index is -0.303. The van der Waals surface area contributed by atoms with Crippen LogP contribution in [0, 0.1) is 0 Å². The zero-order valence-electron chi connectivity index (χ0n) is 12.5. The molecule has 0 bridgehead atoms. The summed E-state index contributed by atoms with van der Waals surface area (Å²) in [5.74, 6) is -0.431. The lowest BCUT2D eigenvalue weighted by atomic mass is 10.1. The first-order valence-electron chi connectivity index (χ1n) is 7.26. The van der Waals surface area contributed by atoms with E-state index in [1.165, 1.54) is 5.01 Å². The highest BCUT2D eigenvalue weighted by atomic mass is 79.9. The first kappa shape index (κ1) is 16.9. The Labute approximate surface area is 156 Å². The van der Waals surface area contributed by atoms with Crippen molar-refractivity contribution in [2.75, 3.05) is 10.3 Å². The van der Waals surface area contributed by atoms with Crippen molar-refractivity contribution in [1.29, 1.82) is 0 Å². The number of rotatable bonds is 3. The second-order valence-electron chi connectivity index (χ2n) is 5.19. The number of anilines is 2. The Morgan fingerprint density at radius 1 is 1.04 bits per heavy atom. The number of nitrogens with zero attached hydrogens (tertiary/aromatic N) is 2. The zero-order valence-corrected chi connectivity index (χ0v) is 15.7. The summed E-state index contributed by atoms with van der Waals surface area (Å²) in [4.78, 5) is 24.5. The number of carbonyl (C=O) groups is 2. The van der Waals surface area contributed by atoms with Gasteiger partial charge < -0.3 is 5.32 Å². The average molecular weight is 451 g/mol. The highest BCUT2D eigenvalue weighted by Crippen LogP contribution is 2.23. The van der Waals surface area contributed by atoms with Crippen LogP contribution in [0.15, 0.2) is 62.6 Å². The molecular weight excluding hydrogens is 438 g/mol. The molecule has 122 valence electrons. The van der Waals surface area contributed by atoms with Gasteiger partial charge >= 0.3 is 0 Å². The van der Waals surface area contributed by atoms with Gasteiger partial charge in [0.1, 0.15) is 5.71 Å². The van der Waals surface area contributed by atoms with Crippen molar-refractivity contribution < 1.29 is 9.59 Å². The monoisotopic (exact) mass is 449 g/mol. The van der Waals surface area contributed by atoms with Crippen molar-refractivity contribution in [1.82, 2.24) is 0 Å². The molecule has 0 spiro atoms. The largest absolute Gasteiger partial charge is 0.321 e. The lowest BCUT2D eigenvalue weighted by Crippen LogP contribution is -2.36. The third-order valence-electron chi connectivity index (χ3n) is 3.45. The van der Waals surface area contributed by atoms with Gasteiger partial charge in [-0.25, -0.2) is 5.01 Å². The number of hydrogen-bond donors (Lipinski definition) is 1. The summed E-state index contributed by atoms with van der Waals surface area (Å²) >= 11 is 6.72. The van der Waals surface area contributed by atoms with E-state index >= 15 is 0 Å². The second-order valence-corrected chi connectivity index (χ2v) is 7.02. The van der Waals surface area contributed by atoms with Crippen LogP contribution in [-0.2, 0) is 9.59 Å². The van der Waals surface area contributed by atoms with E-state index in [4.69, 9.17) is 0 Å². The molecule has 0 aromatic heterocycles. The van der Waals surface area contributed by atoms with Crippen LogP contribution in [0.4, 0.5) is 11.4 Å². The van der Waals surface area contributed by atoms with Gasteiger partial charge in [-0.2, -0.15) is 5.10 Å². The Morgan fingerprint density at radius 3 is 2.50 bits per heavy atom.